The number of methoxy groups -OCH3 is 1. The van der Waals surface area contributed by atoms with E-state index in [2.05, 4.69) is 31.3 Å². The first kappa shape index (κ1) is 24.7. The van der Waals surface area contributed by atoms with E-state index in [4.69, 9.17) is 21.4 Å². The number of urea groups is 1. The van der Waals surface area contributed by atoms with Crippen LogP contribution in [-0.4, -0.2) is 60.9 Å². The smallest absolute Gasteiger partial charge is 0.317 e. The molecular weight excluding hydrogens is 440 g/mol. The van der Waals surface area contributed by atoms with Crippen LogP contribution in [0.4, 0.5) is 4.79 Å². The summed E-state index contributed by atoms with van der Waals surface area (Å²) in [5.74, 6) is -0.254. The molecule has 3 amide bonds. The molecule has 0 aliphatic carbocycles. The number of hydrogen-bond acceptors (Lipinski definition) is 4. The van der Waals surface area contributed by atoms with Crippen LogP contribution in [0.2, 0.25) is 5.02 Å². The molecule has 1 atom stereocenters. The molecule has 7 nitrogen and oxygen atoms in total. The van der Waals surface area contributed by atoms with E-state index in [1.54, 1.807) is 7.11 Å². The predicted octanol–water partition coefficient (Wildman–Crippen LogP) is 4.31. The lowest BCUT2D eigenvalue weighted by molar-refractivity contribution is -0.133. The van der Waals surface area contributed by atoms with Crippen molar-refractivity contribution in [2.24, 2.45) is 5.10 Å². The average Bonchev–Trinajstić information content (AvgIpc) is 3.24. The van der Waals surface area contributed by atoms with E-state index in [9.17, 15) is 9.59 Å². The lowest BCUT2D eigenvalue weighted by Gasteiger charge is -2.27. The Hall–Kier alpha value is -2.90. The fourth-order valence-corrected chi connectivity index (χ4v) is 3.86. The molecule has 0 unspecified atom stereocenters. The first-order chi connectivity index (χ1) is 15.8. The summed E-state index contributed by atoms with van der Waals surface area (Å²) in [4.78, 5) is 27.3. The van der Waals surface area contributed by atoms with Crippen LogP contribution in [0.25, 0.3) is 0 Å². The fourth-order valence-electron chi connectivity index (χ4n) is 3.73. The number of carbonyl (C=O) groups excluding carboxylic acids is 2. The summed E-state index contributed by atoms with van der Waals surface area (Å²) in [6.45, 7) is 6.99. The van der Waals surface area contributed by atoms with Gasteiger partial charge in [0.15, 0.2) is 0 Å². The highest BCUT2D eigenvalue weighted by Gasteiger charge is 2.34. The maximum atomic E-state index is 13.4. The normalized spacial score (nSPS) is 15.4. The number of hydrogen-bond donors (Lipinski definition) is 1. The third-order valence-electron chi connectivity index (χ3n) is 5.77. The van der Waals surface area contributed by atoms with E-state index in [0.717, 1.165) is 16.8 Å². The molecule has 2 aromatic carbocycles. The van der Waals surface area contributed by atoms with Gasteiger partial charge in [-0.15, -0.1) is 0 Å². The monoisotopic (exact) mass is 470 g/mol. The second-order valence-corrected chi connectivity index (χ2v) is 8.54. The number of amides is 3. The molecule has 3 rings (SSSR count). The fraction of sp³-hybridized carbons (Fsp3) is 0.400. The Labute approximate surface area is 200 Å². The Kier molecular flexibility index (Phi) is 8.47. The van der Waals surface area contributed by atoms with Gasteiger partial charge in [-0.05, 0) is 61.2 Å². The summed E-state index contributed by atoms with van der Waals surface area (Å²) in [5.41, 5.74) is 5.15. The van der Waals surface area contributed by atoms with Crippen molar-refractivity contribution in [2.45, 2.75) is 33.2 Å². The number of rotatable bonds is 8. The van der Waals surface area contributed by atoms with Crippen molar-refractivity contribution in [3.05, 3.63) is 69.7 Å². The molecule has 0 spiro atoms. The summed E-state index contributed by atoms with van der Waals surface area (Å²) in [6.07, 6.45) is 0.578. The minimum absolute atomic E-state index is 0.0943. The third-order valence-corrected chi connectivity index (χ3v) is 6.02. The Morgan fingerprint density at radius 3 is 2.55 bits per heavy atom. The first-order valence-corrected chi connectivity index (χ1v) is 11.5. The lowest BCUT2D eigenvalue weighted by atomic mass is 9.96. The number of benzene rings is 2. The first-order valence-electron chi connectivity index (χ1n) is 11.1. The molecule has 1 aliphatic rings. The molecule has 0 fully saturated rings. The van der Waals surface area contributed by atoms with Gasteiger partial charge in [-0.1, -0.05) is 35.9 Å². The van der Waals surface area contributed by atoms with Gasteiger partial charge in [0, 0.05) is 31.6 Å². The van der Waals surface area contributed by atoms with Crippen LogP contribution in [-0.2, 0) is 9.53 Å². The molecule has 1 heterocycles. The molecule has 176 valence electrons. The minimum atomic E-state index is -0.302. The molecule has 8 heteroatoms. The maximum Gasteiger partial charge on any atom is 0.317 e. The van der Waals surface area contributed by atoms with E-state index in [0.29, 0.717) is 31.1 Å². The van der Waals surface area contributed by atoms with Crippen LogP contribution in [0.15, 0.2) is 47.6 Å². The number of hydrazone groups is 1. The molecular formula is C25H31ClN4O3. The van der Waals surface area contributed by atoms with E-state index >= 15 is 0 Å². The largest absolute Gasteiger partial charge is 0.383 e. The highest BCUT2D eigenvalue weighted by molar-refractivity contribution is 6.30. The van der Waals surface area contributed by atoms with Crippen LogP contribution in [0.5, 0.6) is 0 Å². The Morgan fingerprint density at radius 1 is 1.18 bits per heavy atom. The Balaban J connectivity index is 1.90. The number of halogens is 1. The van der Waals surface area contributed by atoms with Crippen molar-refractivity contribution in [3.8, 4) is 0 Å². The van der Waals surface area contributed by atoms with E-state index in [1.807, 2.05) is 37.3 Å². The molecule has 0 saturated heterocycles. The number of aryl methyl sites for hydroxylation is 2. The van der Waals surface area contributed by atoms with Gasteiger partial charge < -0.3 is 15.0 Å². The standard InChI is InChI=1S/C25H31ClN4O3/c1-5-27-25(32)29(12-13-33-4)16-24(31)30-23(19-8-10-21(26)11-9-19)15-22(28-30)20-7-6-17(2)18(3)14-20/h6-11,14,23H,5,12-13,15-16H2,1-4H3,(H,27,32)/t23-/m0/s1. The zero-order valence-corrected chi connectivity index (χ0v) is 20.4. The topological polar surface area (TPSA) is 74.2 Å². The molecule has 0 bridgehead atoms. The van der Waals surface area contributed by atoms with Gasteiger partial charge in [0.25, 0.3) is 5.91 Å². The van der Waals surface area contributed by atoms with Crippen LogP contribution in [0.3, 0.4) is 0 Å². The summed E-state index contributed by atoms with van der Waals surface area (Å²) in [6, 6.07) is 13.1. The Bertz CT molecular complexity index is 1020. The number of nitrogens with zero attached hydrogens (tertiary/aromatic N) is 3. The molecule has 1 N–H and O–H groups in total. The van der Waals surface area contributed by atoms with E-state index < -0.39 is 0 Å². The summed E-state index contributed by atoms with van der Waals surface area (Å²) in [5, 5.41) is 9.62. The minimum Gasteiger partial charge on any atom is -0.383 e. The van der Waals surface area contributed by atoms with Gasteiger partial charge in [-0.3, -0.25) is 4.79 Å². The van der Waals surface area contributed by atoms with Crippen LogP contribution in [0.1, 0.15) is 41.6 Å². The second-order valence-electron chi connectivity index (χ2n) is 8.11. The van der Waals surface area contributed by atoms with Crippen molar-refractivity contribution < 1.29 is 14.3 Å². The molecule has 0 saturated carbocycles. The molecule has 33 heavy (non-hydrogen) atoms. The molecule has 1 aliphatic heterocycles. The van der Waals surface area contributed by atoms with Crippen molar-refractivity contribution in [3.63, 3.8) is 0 Å². The molecule has 0 aromatic heterocycles. The van der Waals surface area contributed by atoms with Gasteiger partial charge >= 0.3 is 6.03 Å². The summed E-state index contributed by atoms with van der Waals surface area (Å²) >= 11 is 6.08. The van der Waals surface area contributed by atoms with Crippen LogP contribution < -0.4 is 5.32 Å². The van der Waals surface area contributed by atoms with Gasteiger partial charge in [-0.25, -0.2) is 9.80 Å². The van der Waals surface area contributed by atoms with Crippen molar-refractivity contribution in [2.75, 3.05) is 33.4 Å². The maximum absolute atomic E-state index is 13.4. The van der Waals surface area contributed by atoms with E-state index in [-0.39, 0.29) is 24.5 Å². The number of ether oxygens (including phenoxy) is 1. The van der Waals surface area contributed by atoms with Gasteiger partial charge in [0.05, 0.1) is 18.4 Å². The molecule has 2 aromatic rings. The van der Waals surface area contributed by atoms with Gasteiger partial charge in [-0.2, -0.15) is 5.10 Å². The average molecular weight is 471 g/mol. The van der Waals surface area contributed by atoms with Crippen LogP contribution >= 0.6 is 11.6 Å². The van der Waals surface area contributed by atoms with Crippen molar-refractivity contribution >= 4 is 29.3 Å². The van der Waals surface area contributed by atoms with Crippen molar-refractivity contribution in [1.29, 1.82) is 0 Å². The summed E-state index contributed by atoms with van der Waals surface area (Å²) in [7, 11) is 1.56. The zero-order valence-electron chi connectivity index (χ0n) is 19.6. The van der Waals surface area contributed by atoms with Gasteiger partial charge in [0.1, 0.15) is 6.54 Å². The lowest BCUT2D eigenvalue weighted by Crippen LogP contribution is -2.47. The van der Waals surface area contributed by atoms with Gasteiger partial charge in [0.2, 0.25) is 0 Å². The second kappa shape index (κ2) is 11.3. The Morgan fingerprint density at radius 2 is 1.91 bits per heavy atom. The SMILES string of the molecule is CCNC(=O)N(CCOC)CC(=O)N1N=C(c2ccc(C)c(C)c2)C[C@H]1c1ccc(Cl)cc1. The number of carbonyl (C=O) groups is 2. The zero-order chi connectivity index (χ0) is 24.0. The van der Waals surface area contributed by atoms with Crippen molar-refractivity contribution in [1.82, 2.24) is 15.2 Å². The van der Waals surface area contributed by atoms with E-state index in [1.165, 1.54) is 21.0 Å². The summed E-state index contributed by atoms with van der Waals surface area (Å²) < 4.78 is 5.12. The molecule has 0 radical (unpaired) electrons. The predicted molar refractivity (Wildman–Crippen MR) is 131 cm³/mol. The van der Waals surface area contributed by atoms with Crippen LogP contribution in [0, 0.1) is 13.8 Å². The quantitative estimate of drug-likeness (QED) is 0.624. The third kappa shape index (κ3) is 6.12. The highest BCUT2D eigenvalue weighted by Crippen LogP contribution is 2.33. The number of nitrogens with one attached hydrogen (secondary N) is 1. The highest BCUT2D eigenvalue weighted by atomic mass is 35.5.